The summed E-state index contributed by atoms with van der Waals surface area (Å²) in [6, 6.07) is 21.9. The number of imidazole rings is 1. The fourth-order valence-corrected chi connectivity index (χ4v) is 4.43. The molecule has 4 heterocycles. The standard InChI is InChI=1S/C26H23N7/c27-23-19(5-3-16-30-23)24-32-22-12-11-21(20-6-1-2-15-29-20)31-25(22)33(24)18-9-7-17(8-10-18)26(28)13-4-14-26/h1-3,5-12,15-16H,4,13-14,28H2,(H2,27,30). The Bertz CT molecular complexity index is 1450. The van der Waals surface area contributed by atoms with E-state index in [9.17, 15) is 0 Å². The van der Waals surface area contributed by atoms with Gasteiger partial charge in [0.05, 0.1) is 17.0 Å². The van der Waals surface area contributed by atoms with Crippen LogP contribution in [0, 0.1) is 0 Å². The summed E-state index contributed by atoms with van der Waals surface area (Å²) in [5, 5.41) is 0. The molecule has 5 aromatic rings. The summed E-state index contributed by atoms with van der Waals surface area (Å²) in [4.78, 5) is 18.6. The van der Waals surface area contributed by atoms with E-state index in [0.29, 0.717) is 11.6 Å². The molecule has 0 bridgehead atoms. The number of rotatable bonds is 4. The summed E-state index contributed by atoms with van der Waals surface area (Å²) in [6.07, 6.45) is 6.66. The molecule has 0 saturated heterocycles. The molecule has 0 radical (unpaired) electrons. The van der Waals surface area contributed by atoms with Crippen LogP contribution in [-0.2, 0) is 5.54 Å². The molecule has 33 heavy (non-hydrogen) atoms. The molecule has 0 unspecified atom stereocenters. The third kappa shape index (κ3) is 3.25. The van der Waals surface area contributed by atoms with Gasteiger partial charge in [0.2, 0.25) is 0 Å². The molecule has 0 spiro atoms. The molecular weight excluding hydrogens is 410 g/mol. The second-order valence-electron chi connectivity index (χ2n) is 8.52. The number of hydrogen-bond acceptors (Lipinski definition) is 6. The van der Waals surface area contributed by atoms with Gasteiger partial charge in [0.25, 0.3) is 0 Å². The van der Waals surface area contributed by atoms with Gasteiger partial charge in [0.1, 0.15) is 11.3 Å². The lowest BCUT2D eigenvalue weighted by Gasteiger charge is -2.38. The van der Waals surface area contributed by atoms with Gasteiger partial charge in [-0.3, -0.25) is 9.55 Å². The van der Waals surface area contributed by atoms with E-state index in [-0.39, 0.29) is 5.54 Å². The first-order valence-electron chi connectivity index (χ1n) is 11.0. The number of hydrogen-bond donors (Lipinski definition) is 2. The van der Waals surface area contributed by atoms with Crippen LogP contribution < -0.4 is 11.5 Å². The molecule has 1 aliphatic rings. The van der Waals surface area contributed by atoms with Crippen molar-refractivity contribution in [1.29, 1.82) is 0 Å². The fourth-order valence-electron chi connectivity index (χ4n) is 4.43. The topological polar surface area (TPSA) is 109 Å². The molecule has 4 N–H and O–H groups in total. The number of nitrogens with zero attached hydrogens (tertiary/aromatic N) is 5. The van der Waals surface area contributed by atoms with Gasteiger partial charge in [-0.15, -0.1) is 0 Å². The molecule has 7 nitrogen and oxygen atoms in total. The van der Waals surface area contributed by atoms with Crippen LogP contribution in [0.1, 0.15) is 24.8 Å². The van der Waals surface area contributed by atoms with Crippen molar-refractivity contribution in [2.24, 2.45) is 5.73 Å². The maximum Gasteiger partial charge on any atom is 0.165 e. The molecule has 162 valence electrons. The molecule has 4 aromatic heterocycles. The highest BCUT2D eigenvalue weighted by Gasteiger charge is 2.34. The molecule has 1 aliphatic carbocycles. The Labute approximate surface area is 191 Å². The lowest BCUT2D eigenvalue weighted by atomic mass is 9.73. The van der Waals surface area contributed by atoms with Crippen LogP contribution in [0.25, 0.3) is 39.6 Å². The monoisotopic (exact) mass is 433 g/mol. The van der Waals surface area contributed by atoms with Crippen molar-refractivity contribution in [3.63, 3.8) is 0 Å². The van der Waals surface area contributed by atoms with Crippen molar-refractivity contribution >= 4 is 17.0 Å². The Morgan fingerprint density at radius 1 is 0.788 bits per heavy atom. The van der Waals surface area contributed by atoms with Gasteiger partial charge >= 0.3 is 0 Å². The van der Waals surface area contributed by atoms with Gasteiger partial charge in [-0.05, 0) is 73.4 Å². The molecule has 0 atom stereocenters. The van der Waals surface area contributed by atoms with Crippen LogP contribution in [0.3, 0.4) is 0 Å². The van der Waals surface area contributed by atoms with Crippen LogP contribution in [0.4, 0.5) is 5.82 Å². The number of benzene rings is 1. The van der Waals surface area contributed by atoms with Crippen molar-refractivity contribution in [2.75, 3.05) is 5.73 Å². The van der Waals surface area contributed by atoms with E-state index in [2.05, 4.69) is 34.2 Å². The second-order valence-corrected chi connectivity index (χ2v) is 8.52. The van der Waals surface area contributed by atoms with Gasteiger partial charge in [-0.2, -0.15) is 0 Å². The van der Waals surface area contributed by atoms with E-state index >= 15 is 0 Å². The van der Waals surface area contributed by atoms with Crippen LogP contribution in [0.15, 0.2) is 79.1 Å². The molecular formula is C26H23N7. The Hall–Kier alpha value is -4.10. The van der Waals surface area contributed by atoms with Gasteiger partial charge in [-0.25, -0.2) is 15.0 Å². The Morgan fingerprint density at radius 3 is 2.30 bits per heavy atom. The molecule has 0 amide bonds. The Morgan fingerprint density at radius 2 is 1.61 bits per heavy atom. The van der Waals surface area contributed by atoms with Crippen molar-refractivity contribution in [3.8, 4) is 28.5 Å². The largest absolute Gasteiger partial charge is 0.383 e. The maximum absolute atomic E-state index is 6.55. The van der Waals surface area contributed by atoms with Gasteiger partial charge in [-0.1, -0.05) is 18.2 Å². The minimum absolute atomic E-state index is 0.212. The predicted molar refractivity (Wildman–Crippen MR) is 129 cm³/mol. The highest BCUT2D eigenvalue weighted by Crippen LogP contribution is 2.39. The van der Waals surface area contributed by atoms with Crippen LogP contribution >= 0.6 is 0 Å². The number of anilines is 1. The third-order valence-corrected chi connectivity index (χ3v) is 6.46. The summed E-state index contributed by atoms with van der Waals surface area (Å²) >= 11 is 0. The van der Waals surface area contributed by atoms with Crippen molar-refractivity contribution in [3.05, 3.63) is 84.7 Å². The zero-order valence-electron chi connectivity index (χ0n) is 18.0. The first kappa shape index (κ1) is 19.6. The smallest absolute Gasteiger partial charge is 0.165 e. The lowest BCUT2D eigenvalue weighted by molar-refractivity contribution is 0.253. The number of pyridine rings is 3. The normalized spacial score (nSPS) is 14.8. The van der Waals surface area contributed by atoms with Crippen molar-refractivity contribution < 1.29 is 0 Å². The number of nitrogen functional groups attached to an aromatic ring is 1. The molecule has 1 fully saturated rings. The highest BCUT2D eigenvalue weighted by atomic mass is 15.1. The Balaban J connectivity index is 1.57. The minimum atomic E-state index is -0.212. The number of nitrogens with two attached hydrogens (primary N) is 2. The maximum atomic E-state index is 6.55. The summed E-state index contributed by atoms with van der Waals surface area (Å²) in [6.45, 7) is 0. The van der Waals surface area contributed by atoms with Gasteiger partial charge in [0.15, 0.2) is 11.5 Å². The highest BCUT2D eigenvalue weighted by molar-refractivity contribution is 5.84. The average molecular weight is 434 g/mol. The molecule has 7 heteroatoms. The molecule has 1 aromatic carbocycles. The third-order valence-electron chi connectivity index (χ3n) is 6.46. The molecule has 6 rings (SSSR count). The number of fused-ring (bicyclic) bond motifs is 1. The van der Waals surface area contributed by atoms with E-state index in [1.165, 1.54) is 6.42 Å². The zero-order valence-corrected chi connectivity index (χ0v) is 18.0. The summed E-state index contributed by atoms with van der Waals surface area (Å²) in [5.41, 5.74) is 18.5. The van der Waals surface area contributed by atoms with Crippen molar-refractivity contribution in [2.45, 2.75) is 24.8 Å². The van der Waals surface area contributed by atoms with E-state index in [0.717, 1.165) is 52.2 Å². The average Bonchev–Trinajstić information content (AvgIpc) is 3.22. The fraction of sp³-hybridized carbons (Fsp3) is 0.154. The number of aromatic nitrogens is 5. The zero-order chi connectivity index (χ0) is 22.4. The van der Waals surface area contributed by atoms with E-state index in [1.54, 1.807) is 12.4 Å². The summed E-state index contributed by atoms with van der Waals surface area (Å²) in [5.74, 6) is 1.12. The Kier molecular flexibility index (Phi) is 4.45. The van der Waals surface area contributed by atoms with Crippen LogP contribution in [0.2, 0.25) is 0 Å². The van der Waals surface area contributed by atoms with Crippen molar-refractivity contribution in [1.82, 2.24) is 24.5 Å². The minimum Gasteiger partial charge on any atom is -0.383 e. The predicted octanol–water partition coefficient (Wildman–Crippen LogP) is 4.46. The first-order valence-corrected chi connectivity index (χ1v) is 11.0. The van der Waals surface area contributed by atoms with E-state index in [4.69, 9.17) is 21.4 Å². The first-order chi connectivity index (χ1) is 16.1. The lowest BCUT2D eigenvalue weighted by Crippen LogP contribution is -2.43. The van der Waals surface area contributed by atoms with E-state index < -0.39 is 0 Å². The molecule has 0 aliphatic heterocycles. The van der Waals surface area contributed by atoms with E-state index in [1.807, 2.05) is 47.0 Å². The van der Waals surface area contributed by atoms with Gasteiger partial charge in [0, 0.05) is 23.6 Å². The second kappa shape index (κ2) is 7.50. The quantitative estimate of drug-likeness (QED) is 0.433. The molecule has 1 saturated carbocycles. The van der Waals surface area contributed by atoms with Crippen LogP contribution in [0.5, 0.6) is 0 Å². The van der Waals surface area contributed by atoms with Crippen LogP contribution in [-0.4, -0.2) is 24.5 Å². The summed E-state index contributed by atoms with van der Waals surface area (Å²) in [7, 11) is 0. The van der Waals surface area contributed by atoms with Gasteiger partial charge < -0.3 is 11.5 Å². The SMILES string of the molecule is Nc1ncccc1-c1nc2ccc(-c3ccccn3)nc2n1-c1ccc(C2(N)CCC2)cc1. The summed E-state index contributed by atoms with van der Waals surface area (Å²) < 4.78 is 2.03.